The van der Waals surface area contributed by atoms with E-state index in [0.29, 0.717) is 74.6 Å². The van der Waals surface area contributed by atoms with Crippen molar-refractivity contribution in [1.82, 2.24) is 19.3 Å². The quantitative estimate of drug-likeness (QED) is 0.621. The van der Waals surface area contributed by atoms with Gasteiger partial charge < -0.3 is 19.6 Å². The second-order valence-electron chi connectivity index (χ2n) is 8.79. The van der Waals surface area contributed by atoms with Gasteiger partial charge >= 0.3 is 12.0 Å². The lowest BCUT2D eigenvalue weighted by atomic mass is 10.0. The lowest BCUT2D eigenvalue weighted by Gasteiger charge is -2.38. The predicted octanol–water partition coefficient (Wildman–Crippen LogP) is 2.26. The minimum Gasteiger partial charge on any atom is -0.478 e. The van der Waals surface area contributed by atoms with Crippen molar-refractivity contribution in [2.24, 2.45) is 0 Å². The third-order valence-corrected chi connectivity index (χ3v) is 6.71. The molecule has 2 aromatic carbocycles. The van der Waals surface area contributed by atoms with Crippen LogP contribution in [-0.2, 0) is 11.3 Å². The molecule has 182 valence electrons. The Morgan fingerprint density at radius 2 is 1.40 bits per heavy atom. The van der Waals surface area contributed by atoms with E-state index in [1.54, 1.807) is 24.3 Å². The first kappa shape index (κ1) is 23.1. The molecular formula is C26H28N4O5. The van der Waals surface area contributed by atoms with Crippen LogP contribution in [-0.4, -0.2) is 88.9 Å². The Bertz CT molecular complexity index is 1290. The number of carboxylic acids is 1. The van der Waals surface area contributed by atoms with Crippen LogP contribution in [0.4, 0.5) is 4.79 Å². The molecule has 3 aromatic rings. The van der Waals surface area contributed by atoms with Gasteiger partial charge in [-0.2, -0.15) is 0 Å². The molecule has 9 heteroatoms. The van der Waals surface area contributed by atoms with Crippen LogP contribution in [0.3, 0.4) is 0 Å². The second-order valence-corrected chi connectivity index (χ2v) is 8.79. The van der Waals surface area contributed by atoms with Crippen LogP contribution in [0.1, 0.15) is 16.1 Å². The van der Waals surface area contributed by atoms with Crippen LogP contribution in [0.15, 0.2) is 59.4 Å². The monoisotopic (exact) mass is 476 g/mol. The summed E-state index contributed by atoms with van der Waals surface area (Å²) in [6.45, 7) is 4.86. The van der Waals surface area contributed by atoms with Gasteiger partial charge in [-0.25, -0.2) is 9.59 Å². The molecule has 1 N–H and O–H groups in total. The Kier molecular flexibility index (Phi) is 6.52. The number of carbonyl (C=O) groups is 2. The molecule has 2 amide bonds. The van der Waals surface area contributed by atoms with Crippen molar-refractivity contribution in [2.45, 2.75) is 6.54 Å². The number of para-hydroxylation sites is 1. The summed E-state index contributed by atoms with van der Waals surface area (Å²) in [7, 11) is 0. The fourth-order valence-electron chi connectivity index (χ4n) is 4.90. The Labute approximate surface area is 202 Å². The molecule has 2 aliphatic rings. The van der Waals surface area contributed by atoms with Gasteiger partial charge in [-0.1, -0.05) is 36.4 Å². The molecule has 0 bridgehead atoms. The lowest BCUT2D eigenvalue weighted by Crippen LogP contribution is -2.54. The molecule has 0 saturated carbocycles. The maximum absolute atomic E-state index is 13.6. The molecule has 2 fully saturated rings. The van der Waals surface area contributed by atoms with E-state index < -0.39 is 5.97 Å². The van der Waals surface area contributed by atoms with Crippen molar-refractivity contribution in [3.05, 3.63) is 76.2 Å². The van der Waals surface area contributed by atoms with Crippen molar-refractivity contribution in [3.8, 4) is 5.69 Å². The molecule has 0 aliphatic carbocycles. The van der Waals surface area contributed by atoms with Crippen LogP contribution in [0, 0.1) is 0 Å². The van der Waals surface area contributed by atoms with Crippen LogP contribution in [0.2, 0.25) is 0 Å². The highest BCUT2D eigenvalue weighted by Gasteiger charge is 2.29. The Hall–Kier alpha value is -3.69. The molecule has 3 heterocycles. The highest BCUT2D eigenvalue weighted by atomic mass is 16.5. The van der Waals surface area contributed by atoms with Crippen molar-refractivity contribution in [1.29, 1.82) is 0 Å². The van der Waals surface area contributed by atoms with Crippen LogP contribution >= 0.6 is 0 Å². The summed E-state index contributed by atoms with van der Waals surface area (Å²) in [5, 5.41) is 11.0. The minimum absolute atomic E-state index is 0.0195. The zero-order chi connectivity index (χ0) is 24.4. The number of carboxylic acid groups (broad SMARTS) is 1. The molecule has 2 saturated heterocycles. The fourth-order valence-corrected chi connectivity index (χ4v) is 4.90. The zero-order valence-corrected chi connectivity index (χ0v) is 19.4. The summed E-state index contributed by atoms with van der Waals surface area (Å²) in [5.41, 5.74) is 0.964. The Morgan fingerprint density at radius 1 is 0.800 bits per heavy atom. The van der Waals surface area contributed by atoms with Gasteiger partial charge in [-0.05, 0) is 18.2 Å². The molecule has 35 heavy (non-hydrogen) atoms. The number of nitrogens with zero attached hydrogens (tertiary/aromatic N) is 4. The van der Waals surface area contributed by atoms with Gasteiger partial charge in [0.25, 0.3) is 5.56 Å². The van der Waals surface area contributed by atoms with Crippen molar-refractivity contribution in [3.63, 3.8) is 0 Å². The van der Waals surface area contributed by atoms with E-state index in [1.807, 2.05) is 40.1 Å². The topological polar surface area (TPSA) is 95.3 Å². The van der Waals surface area contributed by atoms with Crippen molar-refractivity contribution < 1.29 is 19.4 Å². The van der Waals surface area contributed by atoms with E-state index >= 15 is 0 Å². The molecule has 1 aromatic heterocycles. The fraction of sp³-hybridized carbons (Fsp3) is 0.346. The average molecular weight is 477 g/mol. The number of urea groups is 1. The number of pyridine rings is 1. The SMILES string of the molecule is O=C(O)c1c(CN2CCN(C(=O)N3CCOCC3)CC2)n(-c2ccccc2)c(=O)c2ccccc12. The predicted molar refractivity (Wildman–Crippen MR) is 131 cm³/mol. The van der Waals surface area contributed by atoms with Crippen LogP contribution in [0.5, 0.6) is 0 Å². The summed E-state index contributed by atoms with van der Waals surface area (Å²) in [6, 6.07) is 16.0. The number of piperazine rings is 1. The van der Waals surface area contributed by atoms with Gasteiger partial charge in [-0.3, -0.25) is 14.3 Å². The maximum atomic E-state index is 13.6. The number of benzene rings is 2. The molecule has 0 spiro atoms. The number of ether oxygens (including phenoxy) is 1. The first-order valence-corrected chi connectivity index (χ1v) is 11.8. The highest BCUT2D eigenvalue weighted by molar-refractivity contribution is 6.04. The van der Waals surface area contributed by atoms with E-state index in [-0.39, 0.29) is 23.7 Å². The third kappa shape index (κ3) is 4.52. The maximum Gasteiger partial charge on any atom is 0.338 e. The first-order chi connectivity index (χ1) is 17.0. The summed E-state index contributed by atoms with van der Waals surface area (Å²) < 4.78 is 6.87. The molecular weight excluding hydrogens is 448 g/mol. The molecule has 0 radical (unpaired) electrons. The molecule has 2 aliphatic heterocycles. The smallest absolute Gasteiger partial charge is 0.338 e. The number of morpholine rings is 1. The van der Waals surface area contributed by atoms with E-state index in [1.165, 1.54) is 4.57 Å². The number of fused-ring (bicyclic) bond motifs is 1. The molecule has 5 rings (SSSR count). The highest BCUT2D eigenvalue weighted by Crippen LogP contribution is 2.24. The van der Waals surface area contributed by atoms with E-state index in [9.17, 15) is 19.5 Å². The number of carbonyl (C=O) groups excluding carboxylic acids is 1. The van der Waals surface area contributed by atoms with E-state index in [0.717, 1.165) is 0 Å². The third-order valence-electron chi connectivity index (χ3n) is 6.71. The number of rotatable bonds is 4. The number of amides is 2. The van der Waals surface area contributed by atoms with Crippen LogP contribution in [0.25, 0.3) is 16.5 Å². The van der Waals surface area contributed by atoms with E-state index in [2.05, 4.69) is 4.90 Å². The Morgan fingerprint density at radius 3 is 2.06 bits per heavy atom. The number of aromatic nitrogens is 1. The van der Waals surface area contributed by atoms with Gasteiger partial charge in [0, 0.05) is 62.3 Å². The normalized spacial score (nSPS) is 17.0. The average Bonchev–Trinajstić information content (AvgIpc) is 2.90. The van der Waals surface area contributed by atoms with Crippen molar-refractivity contribution >= 4 is 22.8 Å². The van der Waals surface area contributed by atoms with Crippen LogP contribution < -0.4 is 5.56 Å². The summed E-state index contributed by atoms with van der Waals surface area (Å²) in [4.78, 5) is 44.7. The molecule has 9 nitrogen and oxygen atoms in total. The van der Waals surface area contributed by atoms with Gasteiger partial charge in [0.05, 0.1) is 24.5 Å². The number of hydrogen-bond acceptors (Lipinski definition) is 5. The first-order valence-electron chi connectivity index (χ1n) is 11.8. The molecule has 0 atom stereocenters. The summed E-state index contributed by atoms with van der Waals surface area (Å²) in [6.07, 6.45) is 0. The van der Waals surface area contributed by atoms with Gasteiger partial charge in [0.15, 0.2) is 0 Å². The standard InChI is InChI=1S/C26H28N4O5/c31-24-21-9-5-4-8-20(21)23(25(32)33)22(30(24)19-6-2-1-3-7-19)18-27-10-12-28(13-11-27)26(34)29-14-16-35-17-15-29/h1-9H,10-18H2,(H,32,33). The van der Waals surface area contributed by atoms with Gasteiger partial charge in [-0.15, -0.1) is 0 Å². The van der Waals surface area contributed by atoms with Gasteiger partial charge in [0.2, 0.25) is 0 Å². The zero-order valence-electron chi connectivity index (χ0n) is 19.4. The largest absolute Gasteiger partial charge is 0.478 e. The second kappa shape index (κ2) is 9.89. The summed E-state index contributed by atoms with van der Waals surface area (Å²) >= 11 is 0. The summed E-state index contributed by atoms with van der Waals surface area (Å²) in [5.74, 6) is -1.07. The number of aromatic carboxylic acids is 1. The molecule has 0 unspecified atom stereocenters. The lowest BCUT2D eigenvalue weighted by molar-refractivity contribution is 0.0371. The van der Waals surface area contributed by atoms with Gasteiger partial charge in [0.1, 0.15) is 0 Å². The minimum atomic E-state index is -1.07. The van der Waals surface area contributed by atoms with E-state index in [4.69, 9.17) is 4.74 Å². The Balaban J connectivity index is 1.47. The number of hydrogen-bond donors (Lipinski definition) is 1. The van der Waals surface area contributed by atoms with Crippen molar-refractivity contribution in [2.75, 3.05) is 52.5 Å².